The van der Waals surface area contributed by atoms with Gasteiger partial charge in [-0.3, -0.25) is 4.68 Å². The normalized spacial score (nSPS) is 11.9. The highest BCUT2D eigenvalue weighted by molar-refractivity contribution is 7.09. The Bertz CT molecular complexity index is 687. The molecular formula is C15H17N3S2. The van der Waals surface area contributed by atoms with Gasteiger partial charge in [0.25, 0.3) is 0 Å². The molecule has 3 aromatic heterocycles. The molecule has 0 bridgehead atoms. The van der Waals surface area contributed by atoms with Crippen molar-refractivity contribution in [3.05, 3.63) is 45.2 Å². The third kappa shape index (κ3) is 2.83. The number of hydrogen-bond donors (Lipinski definition) is 0. The summed E-state index contributed by atoms with van der Waals surface area (Å²) in [6.45, 7) is 7.31. The van der Waals surface area contributed by atoms with Crippen molar-refractivity contribution < 1.29 is 0 Å². The summed E-state index contributed by atoms with van der Waals surface area (Å²) in [6.07, 6.45) is 2.02. The molecule has 0 N–H and O–H groups in total. The van der Waals surface area contributed by atoms with E-state index in [1.54, 1.807) is 22.7 Å². The fourth-order valence-corrected chi connectivity index (χ4v) is 3.45. The molecule has 0 fully saturated rings. The Morgan fingerprint density at radius 3 is 2.70 bits per heavy atom. The van der Waals surface area contributed by atoms with Gasteiger partial charge < -0.3 is 0 Å². The monoisotopic (exact) mass is 303 g/mol. The molecule has 0 saturated heterocycles. The molecule has 0 unspecified atom stereocenters. The second kappa shape index (κ2) is 5.14. The Labute approximate surface area is 126 Å². The lowest BCUT2D eigenvalue weighted by molar-refractivity contribution is 0.579. The van der Waals surface area contributed by atoms with E-state index in [0.29, 0.717) is 0 Å². The molecule has 5 heteroatoms. The highest BCUT2D eigenvalue weighted by Gasteiger charge is 2.18. The molecule has 104 valence electrons. The van der Waals surface area contributed by atoms with Gasteiger partial charge in [-0.05, 0) is 17.5 Å². The zero-order chi connectivity index (χ0) is 14.2. The van der Waals surface area contributed by atoms with Crippen molar-refractivity contribution in [2.45, 2.75) is 32.7 Å². The van der Waals surface area contributed by atoms with Crippen LogP contribution in [-0.2, 0) is 12.0 Å². The van der Waals surface area contributed by atoms with E-state index in [-0.39, 0.29) is 5.41 Å². The Morgan fingerprint density at radius 2 is 2.05 bits per heavy atom. The first kappa shape index (κ1) is 13.5. The average Bonchev–Trinajstić information content (AvgIpc) is 3.08. The van der Waals surface area contributed by atoms with Crippen molar-refractivity contribution in [3.63, 3.8) is 0 Å². The Hall–Kier alpha value is -1.46. The number of nitrogens with zero attached hydrogens (tertiary/aromatic N) is 3. The van der Waals surface area contributed by atoms with Crippen molar-refractivity contribution in [2.75, 3.05) is 0 Å². The van der Waals surface area contributed by atoms with Crippen molar-refractivity contribution in [3.8, 4) is 11.3 Å². The van der Waals surface area contributed by atoms with Crippen LogP contribution in [0.5, 0.6) is 0 Å². The van der Waals surface area contributed by atoms with E-state index in [1.165, 1.54) is 10.6 Å². The van der Waals surface area contributed by atoms with Crippen LogP contribution in [0.3, 0.4) is 0 Å². The van der Waals surface area contributed by atoms with Gasteiger partial charge in [0.15, 0.2) is 0 Å². The smallest absolute Gasteiger partial charge is 0.0982 e. The van der Waals surface area contributed by atoms with Crippen molar-refractivity contribution in [1.82, 2.24) is 14.8 Å². The van der Waals surface area contributed by atoms with Crippen LogP contribution < -0.4 is 0 Å². The van der Waals surface area contributed by atoms with Crippen molar-refractivity contribution >= 4 is 22.7 Å². The molecule has 0 spiro atoms. The summed E-state index contributed by atoms with van der Waals surface area (Å²) in [4.78, 5) is 4.71. The topological polar surface area (TPSA) is 30.7 Å². The second-order valence-electron chi connectivity index (χ2n) is 5.80. The minimum absolute atomic E-state index is 0.120. The Morgan fingerprint density at radius 1 is 1.20 bits per heavy atom. The molecule has 3 rings (SSSR count). The molecule has 0 aliphatic carbocycles. The summed E-state index contributed by atoms with van der Waals surface area (Å²) in [7, 11) is 0. The molecular weight excluding hydrogens is 286 g/mol. The minimum Gasteiger partial charge on any atom is -0.266 e. The third-order valence-corrected chi connectivity index (χ3v) is 4.98. The van der Waals surface area contributed by atoms with Crippen molar-refractivity contribution in [2.24, 2.45) is 0 Å². The maximum Gasteiger partial charge on any atom is 0.0982 e. The van der Waals surface area contributed by atoms with Crippen LogP contribution in [0.4, 0.5) is 0 Å². The van der Waals surface area contributed by atoms with E-state index in [4.69, 9.17) is 4.98 Å². The van der Waals surface area contributed by atoms with Gasteiger partial charge in [0.2, 0.25) is 0 Å². The number of rotatable bonds is 3. The van der Waals surface area contributed by atoms with Gasteiger partial charge in [0, 0.05) is 27.9 Å². The van der Waals surface area contributed by atoms with E-state index in [9.17, 15) is 0 Å². The van der Waals surface area contributed by atoms with Gasteiger partial charge in [-0.25, -0.2) is 4.98 Å². The quantitative estimate of drug-likeness (QED) is 0.717. The number of aromatic nitrogens is 3. The Kier molecular flexibility index (Phi) is 3.48. The summed E-state index contributed by atoms with van der Waals surface area (Å²) >= 11 is 3.42. The van der Waals surface area contributed by atoms with Gasteiger partial charge in [-0.2, -0.15) is 16.4 Å². The van der Waals surface area contributed by atoms with Crippen LogP contribution in [0, 0.1) is 0 Å². The molecule has 0 saturated carbocycles. The predicted octanol–water partition coefficient (Wildman–Crippen LogP) is 4.41. The van der Waals surface area contributed by atoms with Crippen LogP contribution >= 0.6 is 22.7 Å². The summed E-state index contributed by atoms with van der Waals surface area (Å²) in [5.41, 5.74) is 3.41. The maximum atomic E-state index is 4.71. The van der Waals surface area contributed by atoms with Crippen LogP contribution in [0.2, 0.25) is 0 Å². The van der Waals surface area contributed by atoms with E-state index < -0.39 is 0 Å². The molecule has 0 aliphatic rings. The van der Waals surface area contributed by atoms with Crippen LogP contribution in [0.1, 0.15) is 31.5 Å². The molecule has 3 nitrogen and oxygen atoms in total. The average molecular weight is 303 g/mol. The fourth-order valence-electron chi connectivity index (χ4n) is 1.90. The first-order valence-corrected chi connectivity index (χ1v) is 8.35. The fraction of sp³-hybridized carbons (Fsp3) is 0.333. The highest BCUT2D eigenvalue weighted by Crippen LogP contribution is 2.26. The number of thiazole rings is 1. The zero-order valence-electron chi connectivity index (χ0n) is 11.8. The predicted molar refractivity (Wildman–Crippen MR) is 85.5 cm³/mol. The SMILES string of the molecule is CC(C)(C)c1nc(Cn2ccc(-c3ccsc3)n2)cs1. The molecule has 0 atom stereocenters. The van der Waals surface area contributed by atoms with Gasteiger partial charge >= 0.3 is 0 Å². The minimum atomic E-state index is 0.120. The number of thiophene rings is 1. The molecule has 0 amide bonds. The molecule has 20 heavy (non-hydrogen) atoms. The summed E-state index contributed by atoms with van der Waals surface area (Å²) in [5, 5.41) is 12.1. The van der Waals surface area contributed by atoms with E-state index in [2.05, 4.69) is 54.1 Å². The summed E-state index contributed by atoms with van der Waals surface area (Å²) < 4.78 is 1.95. The first-order valence-electron chi connectivity index (χ1n) is 6.53. The molecule has 0 radical (unpaired) electrons. The van der Waals surface area contributed by atoms with Crippen LogP contribution in [0.15, 0.2) is 34.5 Å². The lowest BCUT2D eigenvalue weighted by Crippen LogP contribution is -2.11. The molecule has 0 aromatic carbocycles. The Balaban J connectivity index is 1.77. The lowest BCUT2D eigenvalue weighted by Gasteiger charge is -2.13. The third-order valence-electron chi connectivity index (χ3n) is 2.97. The largest absolute Gasteiger partial charge is 0.266 e. The van der Waals surface area contributed by atoms with Crippen molar-refractivity contribution in [1.29, 1.82) is 0 Å². The first-order chi connectivity index (χ1) is 9.52. The molecule has 0 aliphatic heterocycles. The summed E-state index contributed by atoms with van der Waals surface area (Å²) in [6, 6.07) is 4.15. The van der Waals surface area contributed by atoms with Gasteiger partial charge in [0.1, 0.15) is 0 Å². The standard InChI is InChI=1S/C15H17N3S2/c1-15(2,3)14-16-12(10-20-14)8-18-6-4-13(17-18)11-5-7-19-9-11/h4-7,9-10H,8H2,1-3H3. The van der Waals surface area contributed by atoms with Crippen LogP contribution in [-0.4, -0.2) is 14.8 Å². The van der Waals surface area contributed by atoms with E-state index >= 15 is 0 Å². The zero-order valence-corrected chi connectivity index (χ0v) is 13.5. The lowest BCUT2D eigenvalue weighted by atomic mass is 9.98. The van der Waals surface area contributed by atoms with E-state index in [1.807, 2.05) is 10.9 Å². The van der Waals surface area contributed by atoms with Gasteiger partial charge in [0.05, 0.1) is 22.9 Å². The van der Waals surface area contributed by atoms with E-state index in [0.717, 1.165) is 17.9 Å². The number of hydrogen-bond acceptors (Lipinski definition) is 4. The van der Waals surface area contributed by atoms with Gasteiger partial charge in [-0.15, -0.1) is 11.3 Å². The van der Waals surface area contributed by atoms with Gasteiger partial charge in [-0.1, -0.05) is 20.8 Å². The van der Waals surface area contributed by atoms with Crippen LogP contribution in [0.25, 0.3) is 11.3 Å². The molecule has 3 aromatic rings. The molecule has 3 heterocycles. The second-order valence-corrected chi connectivity index (χ2v) is 7.44. The maximum absolute atomic E-state index is 4.71. The highest BCUT2D eigenvalue weighted by atomic mass is 32.1. The summed E-state index contributed by atoms with van der Waals surface area (Å²) in [5.74, 6) is 0.